The number of aromatic nitrogens is 1. The molecule has 1 fully saturated rings. The fourth-order valence-corrected chi connectivity index (χ4v) is 6.41. The van der Waals surface area contributed by atoms with Crippen molar-refractivity contribution in [3.05, 3.63) is 71.4 Å². The van der Waals surface area contributed by atoms with Crippen molar-refractivity contribution in [2.75, 3.05) is 13.1 Å². The van der Waals surface area contributed by atoms with Crippen LogP contribution in [0.25, 0.3) is 10.9 Å². The van der Waals surface area contributed by atoms with Crippen molar-refractivity contribution >= 4 is 35.1 Å². The van der Waals surface area contributed by atoms with Crippen LogP contribution in [0.4, 0.5) is 0 Å². The summed E-state index contributed by atoms with van der Waals surface area (Å²) in [5, 5.41) is 1.13. The molecule has 1 aromatic heterocycles. The number of carbonyl (C=O) groups is 2. The molecule has 1 spiro atoms. The van der Waals surface area contributed by atoms with Gasteiger partial charge in [-0.05, 0) is 80.0 Å². The SMILES string of the molecule is C[C@](N)(C(N)=O)C(CCc1c[nH]c2ccccc12)C(=O)N1CCCC2(CCc3ccccc32)CC1.Cl. The Balaban J connectivity index is 0.00000304. The second-order valence-electron chi connectivity index (χ2n) is 10.7. The number of rotatable bonds is 6. The molecular weight excluding hydrogens is 472 g/mol. The molecule has 7 heteroatoms. The Hall–Kier alpha value is -2.83. The fraction of sp³-hybridized carbons (Fsp3) is 0.448. The van der Waals surface area contributed by atoms with Gasteiger partial charge in [-0.1, -0.05) is 42.5 Å². The second-order valence-corrected chi connectivity index (χ2v) is 10.7. The zero-order valence-electron chi connectivity index (χ0n) is 21.0. The van der Waals surface area contributed by atoms with Crippen LogP contribution in [0.1, 0.15) is 55.7 Å². The number of nitrogens with two attached hydrogens (primary N) is 2. The summed E-state index contributed by atoms with van der Waals surface area (Å²) in [4.78, 5) is 31.5. The van der Waals surface area contributed by atoms with Gasteiger partial charge in [-0.3, -0.25) is 9.59 Å². The average Bonchev–Trinajstić information content (AvgIpc) is 3.35. The first-order valence-electron chi connectivity index (χ1n) is 12.8. The highest BCUT2D eigenvalue weighted by Gasteiger charge is 2.44. The van der Waals surface area contributed by atoms with Gasteiger partial charge < -0.3 is 21.4 Å². The summed E-state index contributed by atoms with van der Waals surface area (Å²) >= 11 is 0. The molecule has 5 rings (SSSR count). The largest absolute Gasteiger partial charge is 0.368 e. The van der Waals surface area contributed by atoms with Crippen molar-refractivity contribution in [1.29, 1.82) is 0 Å². The van der Waals surface area contributed by atoms with E-state index in [1.165, 1.54) is 11.1 Å². The van der Waals surface area contributed by atoms with Gasteiger partial charge in [-0.2, -0.15) is 0 Å². The van der Waals surface area contributed by atoms with E-state index in [4.69, 9.17) is 11.5 Å². The molecule has 36 heavy (non-hydrogen) atoms. The molecule has 5 N–H and O–H groups in total. The van der Waals surface area contributed by atoms with Gasteiger partial charge in [0.25, 0.3) is 0 Å². The number of benzene rings is 2. The van der Waals surface area contributed by atoms with Crippen molar-refractivity contribution in [3.63, 3.8) is 0 Å². The first kappa shape index (κ1) is 26.2. The highest BCUT2D eigenvalue weighted by atomic mass is 35.5. The number of hydrogen-bond donors (Lipinski definition) is 3. The van der Waals surface area contributed by atoms with Crippen LogP contribution in [-0.2, 0) is 27.8 Å². The monoisotopic (exact) mass is 508 g/mol. The standard InChI is InChI=1S/C29H36N4O2.ClH/c1-28(31,27(30)35)24(12-11-21-19-32-25-10-5-3-8-22(21)25)26(34)33-17-6-14-29(16-18-33)15-13-20-7-2-4-9-23(20)29;/h2-5,7-10,19,24,32H,6,11-18,31H2,1H3,(H2,30,35);1H/t24?,28-,29?;/m1./s1. The maximum absolute atomic E-state index is 13.9. The third-order valence-electron chi connectivity index (χ3n) is 8.65. The fourth-order valence-electron chi connectivity index (χ4n) is 6.41. The van der Waals surface area contributed by atoms with Crippen molar-refractivity contribution in [2.45, 2.75) is 62.8 Å². The minimum atomic E-state index is -1.41. The first-order valence-corrected chi connectivity index (χ1v) is 12.8. The smallest absolute Gasteiger partial charge is 0.238 e. The number of halogens is 1. The number of aryl methyl sites for hydroxylation is 2. The van der Waals surface area contributed by atoms with E-state index in [2.05, 4.69) is 35.3 Å². The van der Waals surface area contributed by atoms with Gasteiger partial charge in [0.15, 0.2) is 0 Å². The van der Waals surface area contributed by atoms with Crippen LogP contribution >= 0.6 is 12.4 Å². The van der Waals surface area contributed by atoms with Gasteiger partial charge in [0.1, 0.15) is 5.54 Å². The minimum absolute atomic E-state index is 0. The van der Waals surface area contributed by atoms with Crippen molar-refractivity contribution in [3.8, 4) is 0 Å². The number of aromatic amines is 1. The predicted molar refractivity (Wildman–Crippen MR) is 146 cm³/mol. The molecule has 1 aliphatic carbocycles. The molecule has 2 aliphatic rings. The lowest BCUT2D eigenvalue weighted by Crippen LogP contribution is -2.59. The molecule has 2 unspecified atom stereocenters. The van der Waals surface area contributed by atoms with Gasteiger partial charge in [-0.15, -0.1) is 12.4 Å². The van der Waals surface area contributed by atoms with Gasteiger partial charge in [0.2, 0.25) is 11.8 Å². The Kier molecular flexibility index (Phi) is 7.48. The number of H-pyrrole nitrogens is 1. The lowest BCUT2D eigenvalue weighted by Gasteiger charge is -2.35. The number of nitrogens with one attached hydrogen (secondary N) is 1. The number of likely N-dealkylation sites (tertiary alicyclic amines) is 1. The van der Waals surface area contributed by atoms with Gasteiger partial charge >= 0.3 is 0 Å². The molecule has 2 amide bonds. The van der Waals surface area contributed by atoms with Gasteiger partial charge in [-0.25, -0.2) is 0 Å². The van der Waals surface area contributed by atoms with Crippen LogP contribution in [0.2, 0.25) is 0 Å². The molecule has 3 aromatic rings. The summed E-state index contributed by atoms with van der Waals surface area (Å²) in [5.41, 5.74) is 16.0. The van der Waals surface area contributed by atoms with Gasteiger partial charge in [0.05, 0.1) is 5.92 Å². The van der Waals surface area contributed by atoms with Crippen LogP contribution in [0, 0.1) is 5.92 Å². The highest BCUT2D eigenvalue weighted by molar-refractivity contribution is 5.92. The van der Waals surface area contributed by atoms with Crippen LogP contribution in [-0.4, -0.2) is 40.3 Å². The maximum atomic E-state index is 13.9. The molecule has 0 saturated carbocycles. The van der Waals surface area contributed by atoms with E-state index in [9.17, 15) is 9.59 Å². The van der Waals surface area contributed by atoms with E-state index in [1.54, 1.807) is 6.92 Å². The topological polar surface area (TPSA) is 105 Å². The van der Waals surface area contributed by atoms with E-state index in [1.807, 2.05) is 29.3 Å². The Bertz CT molecular complexity index is 1250. The van der Waals surface area contributed by atoms with E-state index in [0.717, 1.165) is 48.6 Å². The highest BCUT2D eigenvalue weighted by Crippen LogP contribution is 2.46. The zero-order valence-corrected chi connectivity index (χ0v) is 21.8. The van der Waals surface area contributed by atoms with Gasteiger partial charge in [0, 0.05) is 30.2 Å². The lowest BCUT2D eigenvalue weighted by atomic mass is 9.76. The number of amides is 2. The van der Waals surface area contributed by atoms with Crippen molar-refractivity contribution in [1.82, 2.24) is 9.88 Å². The molecule has 1 saturated heterocycles. The Morgan fingerprint density at radius 1 is 1.08 bits per heavy atom. The summed E-state index contributed by atoms with van der Waals surface area (Å²) in [5.74, 6) is -1.35. The first-order chi connectivity index (χ1) is 16.8. The maximum Gasteiger partial charge on any atom is 0.238 e. The zero-order chi connectivity index (χ0) is 24.6. The van der Waals surface area contributed by atoms with Crippen molar-refractivity contribution < 1.29 is 9.59 Å². The number of primary amides is 1. The summed E-state index contributed by atoms with van der Waals surface area (Å²) in [6.07, 6.45) is 8.35. The van der Waals surface area contributed by atoms with E-state index >= 15 is 0 Å². The minimum Gasteiger partial charge on any atom is -0.368 e. The van der Waals surface area contributed by atoms with Crippen LogP contribution in [0.3, 0.4) is 0 Å². The molecule has 2 heterocycles. The molecule has 2 aromatic carbocycles. The number of carbonyl (C=O) groups excluding carboxylic acids is 2. The Labute approximate surface area is 219 Å². The third kappa shape index (κ3) is 4.64. The van der Waals surface area contributed by atoms with Crippen LogP contribution < -0.4 is 11.5 Å². The predicted octanol–water partition coefficient (Wildman–Crippen LogP) is 4.24. The van der Waals surface area contributed by atoms with Crippen LogP contribution in [0.5, 0.6) is 0 Å². The third-order valence-corrected chi connectivity index (χ3v) is 8.65. The number of hydrogen-bond acceptors (Lipinski definition) is 3. The van der Waals surface area contributed by atoms with E-state index in [0.29, 0.717) is 25.9 Å². The molecular formula is C29H37ClN4O2. The van der Waals surface area contributed by atoms with E-state index in [-0.39, 0.29) is 23.7 Å². The Morgan fingerprint density at radius 2 is 1.83 bits per heavy atom. The molecule has 3 atom stereocenters. The summed E-state index contributed by atoms with van der Waals surface area (Å²) in [6.45, 7) is 2.99. The van der Waals surface area contributed by atoms with Crippen LogP contribution in [0.15, 0.2) is 54.7 Å². The molecule has 1 aliphatic heterocycles. The normalized spacial score (nSPS) is 21.9. The summed E-state index contributed by atoms with van der Waals surface area (Å²) in [7, 11) is 0. The summed E-state index contributed by atoms with van der Waals surface area (Å²) < 4.78 is 0. The molecule has 192 valence electrons. The number of fused-ring (bicyclic) bond motifs is 3. The number of nitrogens with zero attached hydrogens (tertiary/aromatic N) is 1. The Morgan fingerprint density at radius 3 is 2.64 bits per heavy atom. The molecule has 6 nitrogen and oxygen atoms in total. The molecule has 0 radical (unpaired) electrons. The molecule has 0 bridgehead atoms. The lowest BCUT2D eigenvalue weighted by molar-refractivity contribution is -0.142. The van der Waals surface area contributed by atoms with Crippen molar-refractivity contribution in [2.24, 2.45) is 17.4 Å². The average molecular weight is 509 g/mol. The quantitative estimate of drug-likeness (QED) is 0.463. The summed E-state index contributed by atoms with van der Waals surface area (Å²) in [6, 6.07) is 16.9. The second kappa shape index (κ2) is 10.3. The number of para-hydroxylation sites is 1. The van der Waals surface area contributed by atoms with E-state index < -0.39 is 17.4 Å².